The average Bonchev–Trinajstić information content (AvgIpc) is 3.66. The zero-order valence-electron chi connectivity index (χ0n) is 22.5. The van der Waals surface area contributed by atoms with Crippen molar-refractivity contribution >= 4 is 29.2 Å². The van der Waals surface area contributed by atoms with E-state index in [2.05, 4.69) is 15.7 Å². The van der Waals surface area contributed by atoms with Gasteiger partial charge in [0.05, 0.1) is 18.5 Å². The van der Waals surface area contributed by atoms with Crippen molar-refractivity contribution in [2.75, 3.05) is 25.5 Å². The molecule has 208 valence electrons. The van der Waals surface area contributed by atoms with Crippen molar-refractivity contribution in [1.82, 2.24) is 21.1 Å². The first kappa shape index (κ1) is 27.8. The molecule has 1 aliphatic heterocycles. The van der Waals surface area contributed by atoms with Gasteiger partial charge in [-0.3, -0.25) is 14.4 Å². The third-order valence-corrected chi connectivity index (χ3v) is 7.43. The first-order valence-electron chi connectivity index (χ1n) is 13.7. The maximum Gasteiger partial charge on any atom is 0.302 e. The minimum absolute atomic E-state index is 0.224. The van der Waals surface area contributed by atoms with E-state index in [4.69, 9.17) is 4.84 Å². The van der Waals surface area contributed by atoms with Crippen molar-refractivity contribution in [3.63, 3.8) is 0 Å². The molecular formula is C27H39N6O5-. The third-order valence-electron chi connectivity index (χ3n) is 7.43. The molecule has 2 N–H and O–H groups in total. The van der Waals surface area contributed by atoms with Gasteiger partial charge in [-0.25, -0.2) is 5.12 Å². The van der Waals surface area contributed by atoms with Crippen LogP contribution in [-0.4, -0.2) is 66.7 Å². The quantitative estimate of drug-likeness (QED) is 0.424. The molecule has 38 heavy (non-hydrogen) atoms. The Kier molecular flexibility index (Phi) is 9.22. The van der Waals surface area contributed by atoms with Crippen molar-refractivity contribution < 1.29 is 19.2 Å². The van der Waals surface area contributed by atoms with Crippen molar-refractivity contribution in [1.29, 1.82) is 0 Å². The molecule has 1 aromatic carbocycles. The van der Waals surface area contributed by atoms with Crippen molar-refractivity contribution in [2.45, 2.75) is 76.8 Å². The van der Waals surface area contributed by atoms with E-state index in [1.807, 2.05) is 38.1 Å². The highest BCUT2D eigenvalue weighted by atomic mass is 16.9. The molecule has 2 saturated carbocycles. The molecule has 1 aromatic rings. The predicted octanol–water partition coefficient (Wildman–Crippen LogP) is 2.97. The lowest BCUT2D eigenvalue weighted by atomic mass is 9.83. The minimum atomic E-state index is -0.854. The number of hydrogen-bond donors (Lipinski definition) is 2. The van der Waals surface area contributed by atoms with E-state index < -0.39 is 17.7 Å². The fourth-order valence-corrected chi connectivity index (χ4v) is 4.90. The Labute approximate surface area is 224 Å². The first-order valence-corrected chi connectivity index (χ1v) is 13.7. The van der Waals surface area contributed by atoms with Gasteiger partial charge in [0.1, 0.15) is 0 Å². The number of nitrogens with zero attached hydrogens (tertiary/aromatic N) is 4. The van der Waals surface area contributed by atoms with Crippen LogP contribution < -0.4 is 15.5 Å². The fourth-order valence-electron chi connectivity index (χ4n) is 4.90. The molecule has 3 aliphatic rings. The Morgan fingerprint density at radius 1 is 1.13 bits per heavy atom. The Morgan fingerprint density at radius 2 is 1.84 bits per heavy atom. The summed E-state index contributed by atoms with van der Waals surface area (Å²) >= 11 is 0. The number of Topliss-reactive ketones (excluding diaryl/α,β-unsaturated/α-hetero) is 1. The molecule has 2 amide bonds. The van der Waals surface area contributed by atoms with Gasteiger partial charge < -0.3 is 25.6 Å². The topological polar surface area (TPSA) is 130 Å². The number of hydrazone groups is 1. The minimum Gasteiger partial charge on any atom is -0.732 e. The number of ketones is 1. The fraction of sp³-hybridized carbons (Fsp3) is 0.630. The summed E-state index contributed by atoms with van der Waals surface area (Å²) in [5.74, 6) is -1.38. The number of benzene rings is 1. The largest absolute Gasteiger partial charge is 0.732 e. The molecular weight excluding hydrogens is 488 g/mol. The van der Waals surface area contributed by atoms with Gasteiger partial charge in [0, 0.05) is 31.4 Å². The van der Waals surface area contributed by atoms with Gasteiger partial charge in [-0.2, -0.15) is 0 Å². The summed E-state index contributed by atoms with van der Waals surface area (Å²) in [7, 11) is 3.87. The second-order valence-electron chi connectivity index (χ2n) is 10.7. The third kappa shape index (κ3) is 7.02. The van der Waals surface area contributed by atoms with Crippen LogP contribution in [0.5, 0.6) is 0 Å². The number of hydrogen-bond acceptors (Lipinski definition) is 9. The van der Waals surface area contributed by atoms with E-state index in [0.29, 0.717) is 43.7 Å². The molecule has 2 fully saturated rings. The summed E-state index contributed by atoms with van der Waals surface area (Å²) in [6.45, 7) is 2.41. The zero-order valence-corrected chi connectivity index (χ0v) is 22.5. The van der Waals surface area contributed by atoms with Crippen LogP contribution in [0.2, 0.25) is 0 Å². The Bertz CT molecular complexity index is 1030. The van der Waals surface area contributed by atoms with E-state index in [0.717, 1.165) is 42.9 Å². The van der Waals surface area contributed by atoms with E-state index in [9.17, 15) is 19.6 Å². The van der Waals surface area contributed by atoms with E-state index in [1.54, 1.807) is 12.1 Å². The van der Waals surface area contributed by atoms with Crippen LogP contribution in [0, 0.1) is 17.0 Å². The number of amides is 2. The van der Waals surface area contributed by atoms with Gasteiger partial charge in [-0.15, -0.1) is 5.10 Å². The van der Waals surface area contributed by atoms with E-state index >= 15 is 0 Å². The summed E-state index contributed by atoms with van der Waals surface area (Å²) in [4.78, 5) is 46.7. The van der Waals surface area contributed by atoms with Crippen molar-refractivity contribution in [3.8, 4) is 0 Å². The molecule has 1 heterocycles. The summed E-state index contributed by atoms with van der Waals surface area (Å²) in [5.41, 5.74) is 1.52. The van der Waals surface area contributed by atoms with Gasteiger partial charge >= 0.3 is 5.90 Å². The average molecular weight is 528 g/mol. The highest BCUT2D eigenvalue weighted by molar-refractivity contribution is 6.38. The maximum atomic E-state index is 13.4. The molecule has 2 aliphatic carbocycles. The maximum absolute atomic E-state index is 13.4. The van der Waals surface area contributed by atoms with Gasteiger partial charge in [0.2, 0.25) is 11.7 Å². The molecule has 0 radical (unpaired) electrons. The van der Waals surface area contributed by atoms with Gasteiger partial charge in [-0.1, -0.05) is 37.9 Å². The monoisotopic (exact) mass is 527 g/mol. The van der Waals surface area contributed by atoms with Crippen LogP contribution in [0.3, 0.4) is 0 Å². The normalized spacial score (nSPS) is 22.3. The Balaban J connectivity index is 1.41. The number of anilines is 1. The van der Waals surface area contributed by atoms with Crippen LogP contribution in [0.25, 0.3) is 0 Å². The molecule has 4 rings (SSSR count). The van der Waals surface area contributed by atoms with E-state index in [1.165, 1.54) is 0 Å². The summed E-state index contributed by atoms with van der Waals surface area (Å²) < 4.78 is 0. The first-order chi connectivity index (χ1) is 18.3. The molecule has 0 bridgehead atoms. The lowest BCUT2D eigenvalue weighted by Crippen LogP contribution is -2.52. The highest BCUT2D eigenvalue weighted by Crippen LogP contribution is 2.31. The number of carbonyl (C=O) groups excluding carboxylic acids is 3. The Morgan fingerprint density at radius 3 is 2.50 bits per heavy atom. The second-order valence-corrected chi connectivity index (χ2v) is 10.7. The van der Waals surface area contributed by atoms with Crippen LogP contribution in [0.15, 0.2) is 29.4 Å². The number of carbonyl (C=O) groups is 3. The SMILES string of the molecule is CCCC[C@H](NC(=O)[C@@H]1CCCC[C@@H]1NC(=O)c1ccc(N(C)C)cc1)C(=O)C1=NN(CC2CC2)N([O-])O1. The van der Waals surface area contributed by atoms with Crippen LogP contribution in [-0.2, 0) is 14.4 Å². The molecule has 11 heteroatoms. The van der Waals surface area contributed by atoms with Crippen molar-refractivity contribution in [3.05, 3.63) is 35.0 Å². The molecule has 11 nitrogen and oxygen atoms in total. The van der Waals surface area contributed by atoms with Gasteiger partial charge in [-0.05, 0) is 62.3 Å². The smallest absolute Gasteiger partial charge is 0.302 e. The van der Waals surface area contributed by atoms with Crippen LogP contribution in [0.1, 0.15) is 75.1 Å². The molecule has 0 spiro atoms. The summed E-state index contributed by atoms with van der Waals surface area (Å²) in [6, 6.07) is 6.12. The standard InChI is InChI=1S/C27H39N6O5/c1-4-5-9-23(24(34)27-30-32(33(37)38-27)17-18-11-12-18)29-26(36)21-8-6-7-10-22(21)28-25(35)19-13-15-20(16-14-19)31(2)3/h13-16,18,21-23H,4-12,17H2,1-3H3,(H,28,35)(H,29,36)/q-1/t21-,22+,23+/m1/s1. The number of nitrogens with one attached hydrogen (secondary N) is 2. The van der Waals surface area contributed by atoms with Gasteiger partial charge in [0.25, 0.3) is 5.91 Å². The highest BCUT2D eigenvalue weighted by Gasteiger charge is 2.37. The lowest BCUT2D eigenvalue weighted by Gasteiger charge is -2.32. The summed E-state index contributed by atoms with van der Waals surface area (Å²) in [5, 5.41) is 23.5. The summed E-state index contributed by atoms with van der Waals surface area (Å²) in [6.07, 6.45) is 7.09. The van der Waals surface area contributed by atoms with Crippen LogP contribution >= 0.6 is 0 Å². The lowest BCUT2D eigenvalue weighted by molar-refractivity contribution is -0.165. The van der Waals surface area contributed by atoms with Crippen LogP contribution in [0.4, 0.5) is 5.69 Å². The van der Waals surface area contributed by atoms with E-state index in [-0.39, 0.29) is 29.1 Å². The molecule has 0 unspecified atom stereocenters. The zero-order chi connectivity index (χ0) is 27.2. The van der Waals surface area contributed by atoms with Crippen molar-refractivity contribution in [2.24, 2.45) is 16.9 Å². The number of hydrazine groups is 1. The number of unbranched alkanes of at least 4 members (excludes halogenated alkanes) is 1. The predicted molar refractivity (Wildman–Crippen MR) is 144 cm³/mol. The Hall–Kier alpha value is -3.18. The van der Waals surface area contributed by atoms with Gasteiger partial charge in [0.15, 0.2) is 0 Å². The molecule has 0 aromatic heterocycles. The number of rotatable bonds is 12. The second kappa shape index (κ2) is 12.6. The molecule has 0 saturated heterocycles. The molecule has 3 atom stereocenters.